The highest BCUT2D eigenvalue weighted by atomic mass is 16.4. The third kappa shape index (κ3) is 9.24. The van der Waals surface area contributed by atoms with Crippen molar-refractivity contribution in [2.45, 2.75) is 70.3 Å². The Balaban J connectivity index is 2.04. The molecule has 1 heterocycles. The van der Waals surface area contributed by atoms with Crippen LogP contribution in [0.2, 0.25) is 0 Å². The first-order valence-electron chi connectivity index (χ1n) is 13.0. The van der Waals surface area contributed by atoms with Crippen LogP contribution in [0.15, 0.2) is 35.5 Å². The molecule has 1 aromatic heterocycles. The first-order valence-corrected chi connectivity index (χ1v) is 13.0. The number of amides is 3. The Morgan fingerprint density at radius 2 is 1.60 bits per heavy atom. The Morgan fingerprint density at radius 1 is 0.975 bits per heavy atom. The van der Waals surface area contributed by atoms with Gasteiger partial charge in [-0.2, -0.15) is 0 Å². The van der Waals surface area contributed by atoms with Gasteiger partial charge in [0.15, 0.2) is 5.96 Å². The first kappa shape index (κ1) is 32.0. The smallest absolute Gasteiger partial charge is 0.326 e. The lowest BCUT2D eigenvalue weighted by molar-refractivity contribution is -0.143. The van der Waals surface area contributed by atoms with Gasteiger partial charge < -0.3 is 48.3 Å². The van der Waals surface area contributed by atoms with E-state index in [1.165, 1.54) is 6.92 Å². The quantitative estimate of drug-likeness (QED) is 0.0709. The van der Waals surface area contributed by atoms with E-state index in [0.29, 0.717) is 6.42 Å². The van der Waals surface area contributed by atoms with Crippen LogP contribution >= 0.6 is 0 Å². The molecule has 14 heteroatoms. The Hall–Kier alpha value is -4.17. The third-order valence-electron chi connectivity index (χ3n) is 6.32. The lowest BCUT2D eigenvalue weighted by atomic mass is 10.0. The van der Waals surface area contributed by atoms with Crippen molar-refractivity contribution < 1.29 is 29.4 Å². The van der Waals surface area contributed by atoms with Gasteiger partial charge in [0.05, 0.1) is 12.1 Å². The zero-order valence-corrected chi connectivity index (χ0v) is 22.9. The molecule has 0 saturated carbocycles. The van der Waals surface area contributed by atoms with Crippen molar-refractivity contribution in [3.05, 3.63) is 36.0 Å². The van der Waals surface area contributed by atoms with Crippen molar-refractivity contribution in [2.75, 3.05) is 6.54 Å². The zero-order valence-electron chi connectivity index (χ0n) is 22.9. The molecule has 0 bridgehead atoms. The molecule has 0 saturated heterocycles. The number of aromatic amines is 1. The highest BCUT2D eigenvalue weighted by Crippen LogP contribution is 2.19. The van der Waals surface area contributed by atoms with E-state index in [-0.39, 0.29) is 25.3 Å². The van der Waals surface area contributed by atoms with Gasteiger partial charge in [-0.25, -0.2) is 4.79 Å². The number of nitrogens with zero attached hydrogens (tertiary/aromatic N) is 1. The second kappa shape index (κ2) is 14.8. The summed E-state index contributed by atoms with van der Waals surface area (Å²) in [6.07, 6.45) is 0.969. The van der Waals surface area contributed by atoms with E-state index in [9.17, 15) is 29.4 Å². The molecule has 14 nitrogen and oxygen atoms in total. The molecular weight excluding hydrogens is 520 g/mol. The Kier molecular flexibility index (Phi) is 11.9. The summed E-state index contributed by atoms with van der Waals surface area (Å²) in [6, 6.07) is 2.71. The fraction of sp³-hybridized carbons (Fsp3) is 0.500. The highest BCUT2D eigenvalue weighted by Gasteiger charge is 2.33. The van der Waals surface area contributed by atoms with Crippen LogP contribution in [0.1, 0.15) is 39.2 Å². The van der Waals surface area contributed by atoms with Crippen LogP contribution in [-0.4, -0.2) is 81.7 Å². The van der Waals surface area contributed by atoms with Crippen LogP contribution in [0.3, 0.4) is 0 Å². The average molecular weight is 561 g/mol. The van der Waals surface area contributed by atoms with Crippen LogP contribution in [0, 0.1) is 5.92 Å². The summed E-state index contributed by atoms with van der Waals surface area (Å²) < 4.78 is 0. The van der Waals surface area contributed by atoms with Crippen LogP contribution in [-0.2, 0) is 25.6 Å². The number of carboxylic acids is 1. The van der Waals surface area contributed by atoms with Gasteiger partial charge in [-0.1, -0.05) is 32.0 Å². The number of fused-ring (bicyclic) bond motifs is 1. The van der Waals surface area contributed by atoms with E-state index >= 15 is 0 Å². The number of benzene rings is 1. The number of para-hydroxylation sites is 1. The van der Waals surface area contributed by atoms with E-state index in [0.717, 1.165) is 16.5 Å². The number of hydrogen-bond donors (Lipinski definition) is 9. The molecule has 0 aliphatic heterocycles. The molecule has 12 N–H and O–H groups in total. The molecule has 0 spiro atoms. The van der Waals surface area contributed by atoms with Crippen molar-refractivity contribution in [1.82, 2.24) is 20.9 Å². The molecule has 0 radical (unpaired) electrons. The summed E-state index contributed by atoms with van der Waals surface area (Å²) in [7, 11) is 0. The van der Waals surface area contributed by atoms with Crippen LogP contribution < -0.4 is 33.2 Å². The minimum absolute atomic E-state index is 0.0529. The van der Waals surface area contributed by atoms with Crippen molar-refractivity contribution in [1.29, 1.82) is 0 Å². The second-order valence-corrected chi connectivity index (χ2v) is 9.98. The van der Waals surface area contributed by atoms with Crippen molar-refractivity contribution in [3.63, 3.8) is 0 Å². The number of carboxylic acid groups (broad SMARTS) is 1. The number of carbonyl (C=O) groups excluding carboxylic acids is 3. The van der Waals surface area contributed by atoms with Crippen LogP contribution in [0.25, 0.3) is 10.9 Å². The van der Waals surface area contributed by atoms with Crippen molar-refractivity contribution >= 4 is 40.6 Å². The zero-order chi connectivity index (χ0) is 30.0. The lowest BCUT2D eigenvalue weighted by Gasteiger charge is -2.28. The van der Waals surface area contributed by atoms with Gasteiger partial charge in [0.2, 0.25) is 17.7 Å². The summed E-state index contributed by atoms with van der Waals surface area (Å²) in [5.41, 5.74) is 18.3. The lowest BCUT2D eigenvalue weighted by Crippen LogP contribution is -2.60. The molecule has 3 amide bonds. The maximum absolute atomic E-state index is 13.1. The van der Waals surface area contributed by atoms with Crippen LogP contribution in [0.5, 0.6) is 0 Å². The van der Waals surface area contributed by atoms with Crippen LogP contribution in [0.4, 0.5) is 0 Å². The number of guanidine groups is 1. The molecule has 5 unspecified atom stereocenters. The molecule has 0 fully saturated rings. The Bertz CT molecular complexity index is 1210. The number of nitrogens with two attached hydrogens (primary N) is 3. The molecule has 40 heavy (non-hydrogen) atoms. The summed E-state index contributed by atoms with van der Waals surface area (Å²) in [4.78, 5) is 57.5. The number of H-pyrrole nitrogens is 1. The maximum Gasteiger partial charge on any atom is 0.326 e. The average Bonchev–Trinajstić information content (AvgIpc) is 3.29. The first-order chi connectivity index (χ1) is 18.8. The normalized spacial score (nSPS) is 14.9. The predicted molar refractivity (Wildman–Crippen MR) is 150 cm³/mol. The van der Waals surface area contributed by atoms with E-state index in [1.807, 2.05) is 24.3 Å². The van der Waals surface area contributed by atoms with Crippen molar-refractivity contribution in [3.8, 4) is 0 Å². The number of rotatable bonds is 15. The highest BCUT2D eigenvalue weighted by molar-refractivity contribution is 5.94. The SMILES string of the molecule is CC(C)C(NC(=O)C(NC(=O)C(N)Cc1c[nH]c2ccccc12)C(C)O)C(=O)NC(CCCN=C(N)N)C(=O)O. The topological polar surface area (TPSA) is 251 Å². The molecule has 1 aromatic carbocycles. The standard InChI is InChI=1S/C26H40N8O6/c1-13(2)20(23(37)32-19(25(39)40)9-6-10-30-26(28)29)33-24(38)21(14(3)35)34-22(36)17(27)11-15-12-31-18-8-5-4-7-16(15)18/h4-5,7-8,12-14,17,19-21,31,35H,6,9-11,27H2,1-3H3,(H,32,37)(H,33,38)(H,34,36)(H,39,40)(H4,28,29,30). The summed E-state index contributed by atoms with van der Waals surface area (Å²) in [5, 5.41) is 28.1. The fourth-order valence-electron chi connectivity index (χ4n) is 4.10. The van der Waals surface area contributed by atoms with Gasteiger partial charge in [-0.05, 0) is 43.7 Å². The molecule has 2 aromatic rings. The minimum Gasteiger partial charge on any atom is -0.480 e. The molecular formula is C26H40N8O6. The van der Waals surface area contributed by atoms with E-state index in [4.69, 9.17) is 17.2 Å². The van der Waals surface area contributed by atoms with Gasteiger partial charge in [-0.3, -0.25) is 19.4 Å². The third-order valence-corrected chi connectivity index (χ3v) is 6.32. The van der Waals surface area contributed by atoms with Gasteiger partial charge in [0.1, 0.15) is 18.1 Å². The Labute approximate surface area is 232 Å². The number of aliphatic carboxylic acids is 1. The number of hydrogen-bond acceptors (Lipinski definition) is 7. The number of aliphatic hydroxyl groups is 1. The predicted octanol–water partition coefficient (Wildman–Crippen LogP) is -1.33. The number of carbonyl (C=O) groups is 4. The van der Waals surface area contributed by atoms with Gasteiger partial charge in [-0.15, -0.1) is 0 Å². The fourth-order valence-corrected chi connectivity index (χ4v) is 4.10. The molecule has 0 aliphatic rings. The summed E-state index contributed by atoms with van der Waals surface area (Å²) in [6.45, 7) is 4.82. The summed E-state index contributed by atoms with van der Waals surface area (Å²) in [5.74, 6) is -4.05. The summed E-state index contributed by atoms with van der Waals surface area (Å²) >= 11 is 0. The van der Waals surface area contributed by atoms with Crippen molar-refractivity contribution in [2.24, 2.45) is 28.1 Å². The molecule has 0 aliphatic carbocycles. The number of aliphatic imine (C=N–C) groups is 1. The number of nitrogens with one attached hydrogen (secondary N) is 4. The molecule has 5 atom stereocenters. The van der Waals surface area contributed by atoms with Gasteiger partial charge in [0, 0.05) is 23.6 Å². The maximum atomic E-state index is 13.1. The number of aliphatic hydroxyl groups excluding tert-OH is 1. The molecule has 2 rings (SSSR count). The minimum atomic E-state index is -1.41. The monoisotopic (exact) mass is 560 g/mol. The molecule has 220 valence electrons. The Morgan fingerprint density at radius 3 is 2.20 bits per heavy atom. The second-order valence-electron chi connectivity index (χ2n) is 9.98. The number of aromatic nitrogens is 1. The van der Waals surface area contributed by atoms with Gasteiger partial charge >= 0.3 is 5.97 Å². The van der Waals surface area contributed by atoms with Gasteiger partial charge in [0.25, 0.3) is 0 Å². The largest absolute Gasteiger partial charge is 0.480 e. The van der Waals surface area contributed by atoms with E-state index in [2.05, 4.69) is 25.9 Å². The van der Waals surface area contributed by atoms with E-state index in [1.54, 1.807) is 20.0 Å². The van der Waals surface area contributed by atoms with E-state index < -0.39 is 59.9 Å².